The van der Waals surface area contributed by atoms with Crippen LogP contribution >= 0.6 is 0 Å². The lowest BCUT2D eigenvalue weighted by molar-refractivity contribution is -0.131. The van der Waals surface area contributed by atoms with E-state index >= 15 is 0 Å². The molecule has 0 saturated carbocycles. The Kier molecular flexibility index (Phi) is 8.07. The van der Waals surface area contributed by atoms with Gasteiger partial charge in [-0.15, -0.1) is 0 Å². The van der Waals surface area contributed by atoms with Crippen molar-refractivity contribution in [2.24, 2.45) is 0 Å². The van der Waals surface area contributed by atoms with E-state index in [2.05, 4.69) is 10.5 Å². The molecule has 2 aromatic heterocycles. The monoisotopic (exact) mass is 464 g/mol. The number of methoxy groups -OCH3 is 1. The minimum Gasteiger partial charge on any atom is -0.383 e. The molecule has 2 amide bonds. The average molecular weight is 465 g/mol. The maximum Gasteiger partial charge on any atom is 0.247 e. The SMILES string of the molecule is COCCN(CC(=O)Nc1cccc(C)c1C)C(=O)/C=C/c1cc(C)n(-c2cc(C)on2)c1C. The molecule has 8 nitrogen and oxygen atoms in total. The first-order chi connectivity index (χ1) is 16.2. The number of rotatable bonds is 9. The molecule has 0 atom stereocenters. The third-order valence-corrected chi connectivity index (χ3v) is 5.81. The van der Waals surface area contributed by atoms with Crippen LogP contribution in [0.25, 0.3) is 11.9 Å². The zero-order valence-electron chi connectivity index (χ0n) is 20.6. The van der Waals surface area contributed by atoms with Crippen LogP contribution in [0, 0.1) is 34.6 Å². The Labute approximate surface area is 200 Å². The van der Waals surface area contributed by atoms with E-state index in [0.29, 0.717) is 19.0 Å². The van der Waals surface area contributed by atoms with Gasteiger partial charge in [0, 0.05) is 42.9 Å². The fraction of sp³-hybridized carbons (Fsp3) is 0.346. The summed E-state index contributed by atoms with van der Waals surface area (Å²) in [5, 5.41) is 7.00. The van der Waals surface area contributed by atoms with Crippen LogP contribution in [-0.2, 0) is 14.3 Å². The third kappa shape index (κ3) is 5.82. The summed E-state index contributed by atoms with van der Waals surface area (Å²) in [5.41, 5.74) is 5.64. The highest BCUT2D eigenvalue weighted by molar-refractivity contribution is 5.98. The van der Waals surface area contributed by atoms with Crippen molar-refractivity contribution in [1.29, 1.82) is 0 Å². The van der Waals surface area contributed by atoms with Crippen molar-refractivity contribution in [2.45, 2.75) is 34.6 Å². The molecule has 0 spiro atoms. The molecule has 1 N–H and O–H groups in total. The van der Waals surface area contributed by atoms with Crippen molar-refractivity contribution < 1.29 is 18.8 Å². The lowest BCUT2D eigenvalue weighted by Gasteiger charge is -2.21. The zero-order chi connectivity index (χ0) is 24.8. The topological polar surface area (TPSA) is 89.6 Å². The summed E-state index contributed by atoms with van der Waals surface area (Å²) in [6, 6.07) is 9.58. The highest BCUT2D eigenvalue weighted by Gasteiger charge is 2.17. The summed E-state index contributed by atoms with van der Waals surface area (Å²) >= 11 is 0. The van der Waals surface area contributed by atoms with Crippen LogP contribution in [0.1, 0.15) is 33.8 Å². The van der Waals surface area contributed by atoms with Crippen LogP contribution in [0.5, 0.6) is 0 Å². The van der Waals surface area contributed by atoms with E-state index in [0.717, 1.165) is 39.5 Å². The van der Waals surface area contributed by atoms with Crippen LogP contribution in [0.3, 0.4) is 0 Å². The van der Waals surface area contributed by atoms with E-state index in [-0.39, 0.29) is 18.4 Å². The number of ether oxygens (including phenoxy) is 1. The molecule has 0 aliphatic carbocycles. The van der Waals surface area contributed by atoms with Crippen LogP contribution in [-0.4, -0.2) is 53.2 Å². The number of nitrogens with zero attached hydrogens (tertiary/aromatic N) is 3. The van der Waals surface area contributed by atoms with Crippen molar-refractivity contribution >= 4 is 23.6 Å². The van der Waals surface area contributed by atoms with Gasteiger partial charge in [0.1, 0.15) is 12.3 Å². The van der Waals surface area contributed by atoms with Crippen LogP contribution < -0.4 is 5.32 Å². The normalized spacial score (nSPS) is 11.2. The van der Waals surface area contributed by atoms with Gasteiger partial charge in [-0.25, -0.2) is 0 Å². The molecule has 0 fully saturated rings. The smallest absolute Gasteiger partial charge is 0.247 e. The highest BCUT2D eigenvalue weighted by Crippen LogP contribution is 2.22. The van der Waals surface area contributed by atoms with Crippen molar-refractivity contribution in [3.8, 4) is 5.82 Å². The summed E-state index contributed by atoms with van der Waals surface area (Å²) in [4.78, 5) is 27.2. The molecule has 8 heteroatoms. The van der Waals surface area contributed by atoms with Gasteiger partial charge in [0.15, 0.2) is 5.82 Å². The van der Waals surface area contributed by atoms with Crippen LogP contribution in [0.2, 0.25) is 0 Å². The molecular weight excluding hydrogens is 432 g/mol. The summed E-state index contributed by atoms with van der Waals surface area (Å²) in [5.74, 6) is 0.896. The lowest BCUT2D eigenvalue weighted by Crippen LogP contribution is -2.39. The van der Waals surface area contributed by atoms with Crippen LogP contribution in [0.15, 0.2) is 40.9 Å². The van der Waals surface area contributed by atoms with E-state index in [4.69, 9.17) is 9.26 Å². The van der Waals surface area contributed by atoms with Crippen molar-refractivity contribution in [2.75, 3.05) is 32.1 Å². The van der Waals surface area contributed by atoms with E-state index < -0.39 is 0 Å². The van der Waals surface area contributed by atoms with Gasteiger partial charge < -0.3 is 19.5 Å². The summed E-state index contributed by atoms with van der Waals surface area (Å²) in [7, 11) is 1.56. The van der Waals surface area contributed by atoms with E-state index in [1.807, 2.05) is 69.5 Å². The largest absolute Gasteiger partial charge is 0.383 e. The molecule has 180 valence electrons. The van der Waals surface area contributed by atoms with Gasteiger partial charge in [-0.2, -0.15) is 0 Å². The molecule has 34 heavy (non-hydrogen) atoms. The molecular formula is C26H32N4O4. The van der Waals surface area contributed by atoms with E-state index in [1.165, 1.54) is 11.0 Å². The fourth-order valence-electron chi connectivity index (χ4n) is 3.75. The lowest BCUT2D eigenvalue weighted by atomic mass is 10.1. The quantitative estimate of drug-likeness (QED) is 0.481. The molecule has 0 aliphatic heterocycles. The first-order valence-corrected chi connectivity index (χ1v) is 11.2. The number of aryl methyl sites for hydroxylation is 3. The number of hydrogen-bond acceptors (Lipinski definition) is 5. The summed E-state index contributed by atoms with van der Waals surface area (Å²) < 4.78 is 12.3. The Morgan fingerprint density at radius 2 is 1.94 bits per heavy atom. The number of anilines is 1. The first-order valence-electron chi connectivity index (χ1n) is 11.2. The Morgan fingerprint density at radius 1 is 1.18 bits per heavy atom. The van der Waals surface area contributed by atoms with Crippen molar-refractivity contribution in [3.63, 3.8) is 0 Å². The first kappa shape index (κ1) is 25.0. The fourth-order valence-corrected chi connectivity index (χ4v) is 3.75. The van der Waals surface area contributed by atoms with Crippen molar-refractivity contribution in [3.05, 3.63) is 70.2 Å². The number of carbonyl (C=O) groups is 2. The summed E-state index contributed by atoms with van der Waals surface area (Å²) in [6.07, 6.45) is 3.25. The minimum atomic E-state index is -0.268. The Morgan fingerprint density at radius 3 is 2.62 bits per heavy atom. The standard InChI is InChI=1S/C26H32N4O4/c1-17-8-7-9-23(20(17)4)27-25(31)16-29(12-13-33-6)26(32)11-10-22-14-18(2)30(21(22)5)24-15-19(3)34-28-24/h7-11,14-15H,12-13,16H2,1-6H3,(H,27,31)/b11-10+. The van der Waals surface area contributed by atoms with E-state index in [9.17, 15) is 9.59 Å². The van der Waals surface area contributed by atoms with Crippen molar-refractivity contribution in [1.82, 2.24) is 14.6 Å². The Bertz CT molecular complexity index is 1210. The van der Waals surface area contributed by atoms with Gasteiger partial charge in [-0.05, 0) is 69.5 Å². The number of benzene rings is 1. The number of aromatic nitrogens is 2. The molecule has 1 aromatic carbocycles. The molecule has 0 radical (unpaired) electrons. The Hall–Kier alpha value is -3.65. The predicted octanol–water partition coefficient (Wildman–Crippen LogP) is 4.13. The molecule has 3 aromatic rings. The van der Waals surface area contributed by atoms with Gasteiger partial charge in [-0.1, -0.05) is 17.3 Å². The maximum absolute atomic E-state index is 13.0. The number of carbonyl (C=O) groups excluding carboxylic acids is 2. The van der Waals surface area contributed by atoms with Gasteiger partial charge in [0.2, 0.25) is 11.8 Å². The minimum absolute atomic E-state index is 0.0723. The molecule has 2 heterocycles. The second-order valence-electron chi connectivity index (χ2n) is 8.34. The van der Waals surface area contributed by atoms with E-state index in [1.54, 1.807) is 13.2 Å². The molecule has 0 saturated heterocycles. The van der Waals surface area contributed by atoms with Crippen LogP contribution in [0.4, 0.5) is 5.69 Å². The number of hydrogen-bond donors (Lipinski definition) is 1. The highest BCUT2D eigenvalue weighted by atomic mass is 16.5. The molecule has 3 rings (SSSR count). The summed E-state index contributed by atoms with van der Waals surface area (Å²) in [6.45, 7) is 10.3. The predicted molar refractivity (Wildman–Crippen MR) is 132 cm³/mol. The second-order valence-corrected chi connectivity index (χ2v) is 8.34. The number of nitrogens with one attached hydrogen (secondary N) is 1. The average Bonchev–Trinajstić information content (AvgIpc) is 3.34. The van der Waals surface area contributed by atoms with Gasteiger partial charge in [0.25, 0.3) is 0 Å². The van der Waals surface area contributed by atoms with Gasteiger partial charge >= 0.3 is 0 Å². The number of amides is 2. The molecule has 0 unspecified atom stereocenters. The molecule has 0 bridgehead atoms. The second kappa shape index (κ2) is 11.0. The maximum atomic E-state index is 13.0. The van der Waals surface area contributed by atoms with Gasteiger partial charge in [0.05, 0.1) is 6.61 Å². The molecule has 0 aliphatic rings. The van der Waals surface area contributed by atoms with Gasteiger partial charge in [-0.3, -0.25) is 14.2 Å². The Balaban J connectivity index is 1.74. The third-order valence-electron chi connectivity index (χ3n) is 5.81. The zero-order valence-corrected chi connectivity index (χ0v) is 20.6.